The lowest BCUT2D eigenvalue weighted by molar-refractivity contribution is 0.0691. The first kappa shape index (κ1) is 21.2. The molecule has 4 aromatic heterocycles. The zero-order valence-electron chi connectivity index (χ0n) is 18.3. The molecule has 0 unspecified atom stereocenters. The molecule has 4 rings (SSSR count). The van der Waals surface area contributed by atoms with E-state index in [2.05, 4.69) is 30.1 Å². The molecule has 0 aromatic carbocycles. The third-order valence-electron chi connectivity index (χ3n) is 5.33. The minimum Gasteiger partial charge on any atom is -0.368 e. The molecule has 32 heavy (non-hydrogen) atoms. The number of H-pyrrole nitrogens is 2. The lowest BCUT2D eigenvalue weighted by Gasteiger charge is -2.27. The van der Waals surface area contributed by atoms with Gasteiger partial charge in [0.2, 0.25) is 5.95 Å². The van der Waals surface area contributed by atoms with E-state index in [9.17, 15) is 9.59 Å². The minimum atomic E-state index is -0.231. The van der Waals surface area contributed by atoms with Crippen LogP contribution in [-0.2, 0) is 6.54 Å². The van der Waals surface area contributed by atoms with Crippen LogP contribution in [0.25, 0.3) is 22.3 Å². The number of aromatic amines is 2. The number of hydrogen-bond acceptors (Lipinski definition) is 7. The van der Waals surface area contributed by atoms with Crippen LogP contribution in [0.5, 0.6) is 0 Å². The molecule has 10 heteroatoms. The Morgan fingerprint density at radius 3 is 2.53 bits per heavy atom. The van der Waals surface area contributed by atoms with E-state index in [1.807, 2.05) is 33.8 Å². The number of pyridine rings is 2. The van der Waals surface area contributed by atoms with Crippen LogP contribution in [0.1, 0.15) is 41.0 Å². The molecule has 10 nitrogen and oxygen atoms in total. The third kappa shape index (κ3) is 3.94. The van der Waals surface area contributed by atoms with E-state index in [1.165, 1.54) is 0 Å². The molecule has 0 spiro atoms. The van der Waals surface area contributed by atoms with Crippen molar-refractivity contribution in [2.24, 2.45) is 0 Å². The predicted molar refractivity (Wildman–Crippen MR) is 121 cm³/mol. The number of nitrogens with zero attached hydrogens (tertiary/aromatic N) is 5. The van der Waals surface area contributed by atoms with Crippen LogP contribution in [0.3, 0.4) is 0 Å². The number of carbonyl (C=O) groups excluding carboxylic acids is 1. The summed E-state index contributed by atoms with van der Waals surface area (Å²) in [4.78, 5) is 43.3. The second-order valence-corrected chi connectivity index (χ2v) is 7.99. The molecule has 0 aliphatic heterocycles. The smallest absolute Gasteiger partial charge is 0.255 e. The summed E-state index contributed by atoms with van der Waals surface area (Å²) >= 11 is 0. The number of amides is 1. The van der Waals surface area contributed by atoms with Gasteiger partial charge in [0.1, 0.15) is 0 Å². The molecule has 0 radical (unpaired) electrons. The standard InChI is InChI=1S/C22H24N8O2/c1-11(2)30(10-17-12(3)5-13(4)27-20(17)31)21(32)15-6-18(14-7-24-22(23)25-8-14)28-19-16(15)9-26-29-19/h5-9,11H,10H2,1-4H3,(H,27,31)(H2,23,24,25)(H,26,28,29). The van der Waals surface area contributed by atoms with Gasteiger partial charge in [0.15, 0.2) is 5.65 Å². The molecule has 0 bridgehead atoms. The number of fused-ring (bicyclic) bond motifs is 1. The molecule has 164 valence electrons. The summed E-state index contributed by atoms with van der Waals surface area (Å²) in [5.74, 6) is -0.0804. The molecule has 0 saturated heterocycles. The Labute approximate surface area is 183 Å². The molecule has 1 amide bonds. The van der Waals surface area contributed by atoms with E-state index in [-0.39, 0.29) is 30.0 Å². The maximum atomic E-state index is 13.7. The van der Waals surface area contributed by atoms with Crippen molar-refractivity contribution in [2.45, 2.75) is 40.3 Å². The monoisotopic (exact) mass is 432 g/mol. The number of rotatable bonds is 5. The van der Waals surface area contributed by atoms with Gasteiger partial charge in [-0.1, -0.05) is 0 Å². The fraction of sp³-hybridized carbons (Fsp3) is 0.273. The van der Waals surface area contributed by atoms with Crippen LogP contribution in [0.2, 0.25) is 0 Å². The van der Waals surface area contributed by atoms with Gasteiger partial charge in [0.25, 0.3) is 11.5 Å². The molecule has 0 fully saturated rings. The molecule has 0 aliphatic rings. The highest BCUT2D eigenvalue weighted by molar-refractivity contribution is 6.06. The minimum absolute atomic E-state index is 0.150. The largest absolute Gasteiger partial charge is 0.368 e. The maximum Gasteiger partial charge on any atom is 0.255 e. The average Bonchev–Trinajstić information content (AvgIpc) is 3.21. The average molecular weight is 432 g/mol. The predicted octanol–water partition coefficient (Wildman–Crippen LogP) is 2.35. The second kappa shape index (κ2) is 8.22. The zero-order valence-corrected chi connectivity index (χ0v) is 18.3. The van der Waals surface area contributed by atoms with Crippen LogP contribution in [0, 0.1) is 13.8 Å². The third-order valence-corrected chi connectivity index (χ3v) is 5.33. The lowest BCUT2D eigenvalue weighted by atomic mass is 10.1. The van der Waals surface area contributed by atoms with Gasteiger partial charge in [-0.3, -0.25) is 14.7 Å². The van der Waals surface area contributed by atoms with Gasteiger partial charge >= 0.3 is 0 Å². The van der Waals surface area contributed by atoms with E-state index in [0.717, 1.165) is 11.3 Å². The number of nitrogens with one attached hydrogen (secondary N) is 2. The molecule has 4 heterocycles. The topological polar surface area (TPSA) is 147 Å². The molecule has 0 saturated carbocycles. The second-order valence-electron chi connectivity index (χ2n) is 7.99. The van der Waals surface area contributed by atoms with Crippen molar-refractivity contribution in [3.8, 4) is 11.3 Å². The van der Waals surface area contributed by atoms with Crippen LogP contribution < -0.4 is 11.3 Å². The van der Waals surface area contributed by atoms with Crippen LogP contribution >= 0.6 is 0 Å². The van der Waals surface area contributed by atoms with E-state index in [1.54, 1.807) is 29.6 Å². The fourth-order valence-electron chi connectivity index (χ4n) is 3.62. The van der Waals surface area contributed by atoms with Crippen molar-refractivity contribution in [3.05, 3.63) is 63.5 Å². The number of carbonyl (C=O) groups is 1. The summed E-state index contributed by atoms with van der Waals surface area (Å²) in [7, 11) is 0. The van der Waals surface area contributed by atoms with E-state index in [4.69, 9.17) is 5.73 Å². The number of aromatic nitrogens is 6. The van der Waals surface area contributed by atoms with Gasteiger partial charge in [-0.05, 0) is 45.4 Å². The Bertz CT molecular complexity index is 1350. The molecule has 4 N–H and O–H groups in total. The van der Waals surface area contributed by atoms with Crippen LogP contribution in [0.15, 0.2) is 35.5 Å². The molecule has 4 aromatic rings. The lowest BCUT2D eigenvalue weighted by Crippen LogP contribution is -2.38. The molecular weight excluding hydrogens is 408 g/mol. The van der Waals surface area contributed by atoms with Crippen molar-refractivity contribution in [1.29, 1.82) is 0 Å². The highest BCUT2D eigenvalue weighted by atomic mass is 16.2. The molecular formula is C22H24N8O2. The Morgan fingerprint density at radius 2 is 1.88 bits per heavy atom. The van der Waals surface area contributed by atoms with Crippen molar-refractivity contribution >= 4 is 22.9 Å². The summed E-state index contributed by atoms with van der Waals surface area (Å²) in [5.41, 5.74) is 9.60. The number of nitrogen functional groups attached to an aromatic ring is 1. The van der Waals surface area contributed by atoms with Gasteiger partial charge in [-0.15, -0.1) is 0 Å². The summed E-state index contributed by atoms with van der Waals surface area (Å²) in [5, 5.41) is 7.47. The van der Waals surface area contributed by atoms with Crippen molar-refractivity contribution in [3.63, 3.8) is 0 Å². The quantitative estimate of drug-likeness (QED) is 0.438. The summed E-state index contributed by atoms with van der Waals surface area (Å²) in [6.07, 6.45) is 4.67. The first-order valence-electron chi connectivity index (χ1n) is 10.2. The first-order chi connectivity index (χ1) is 15.2. The summed E-state index contributed by atoms with van der Waals surface area (Å²) in [6, 6.07) is 3.44. The number of hydrogen-bond donors (Lipinski definition) is 3. The SMILES string of the molecule is Cc1cc(C)c(CN(C(=O)c2cc(-c3cnc(N)nc3)nc3[nH]ncc23)C(C)C)c(=O)[nH]1. The van der Waals surface area contributed by atoms with Crippen LogP contribution in [0.4, 0.5) is 5.95 Å². The van der Waals surface area contributed by atoms with Gasteiger partial charge in [-0.25, -0.2) is 15.0 Å². The summed E-state index contributed by atoms with van der Waals surface area (Å²) in [6.45, 7) is 7.72. The van der Waals surface area contributed by atoms with Gasteiger partial charge in [-0.2, -0.15) is 5.10 Å². The van der Waals surface area contributed by atoms with Crippen molar-refractivity contribution in [2.75, 3.05) is 5.73 Å². The Balaban J connectivity index is 1.79. The molecule has 0 aliphatic carbocycles. The van der Waals surface area contributed by atoms with E-state index in [0.29, 0.717) is 33.4 Å². The highest BCUT2D eigenvalue weighted by Gasteiger charge is 2.25. The van der Waals surface area contributed by atoms with E-state index < -0.39 is 0 Å². The molecule has 0 atom stereocenters. The van der Waals surface area contributed by atoms with Gasteiger partial charge < -0.3 is 15.6 Å². The van der Waals surface area contributed by atoms with Gasteiger partial charge in [0, 0.05) is 35.3 Å². The Kier molecular flexibility index (Phi) is 5.43. The maximum absolute atomic E-state index is 13.7. The van der Waals surface area contributed by atoms with Crippen molar-refractivity contribution in [1.82, 2.24) is 35.0 Å². The Hall–Kier alpha value is -4.08. The van der Waals surface area contributed by atoms with Crippen molar-refractivity contribution < 1.29 is 4.79 Å². The van der Waals surface area contributed by atoms with E-state index >= 15 is 0 Å². The number of nitrogens with two attached hydrogens (primary N) is 1. The highest BCUT2D eigenvalue weighted by Crippen LogP contribution is 2.25. The summed E-state index contributed by atoms with van der Waals surface area (Å²) < 4.78 is 0. The Morgan fingerprint density at radius 1 is 1.16 bits per heavy atom. The van der Waals surface area contributed by atoms with Gasteiger partial charge in [0.05, 0.1) is 29.4 Å². The zero-order chi connectivity index (χ0) is 23.0. The first-order valence-corrected chi connectivity index (χ1v) is 10.2. The number of anilines is 1. The number of aryl methyl sites for hydroxylation is 2. The fourth-order valence-corrected chi connectivity index (χ4v) is 3.62. The normalized spacial score (nSPS) is 11.3. The van der Waals surface area contributed by atoms with Crippen LogP contribution in [-0.4, -0.2) is 47.0 Å².